The Kier molecular flexibility index (Phi) is 6.86. The van der Waals surface area contributed by atoms with E-state index in [4.69, 9.17) is 0 Å². The Bertz CT molecular complexity index is 1010. The highest BCUT2D eigenvalue weighted by Gasteiger charge is 2.34. The van der Waals surface area contributed by atoms with Crippen LogP contribution in [0.25, 0.3) is 0 Å². The van der Waals surface area contributed by atoms with Crippen LogP contribution in [0.3, 0.4) is 0 Å². The molecule has 0 N–H and O–H groups in total. The van der Waals surface area contributed by atoms with Crippen LogP contribution in [0.15, 0.2) is 59.5 Å². The van der Waals surface area contributed by atoms with Gasteiger partial charge < -0.3 is 9.80 Å². The Morgan fingerprint density at radius 1 is 0.844 bits per heavy atom. The summed E-state index contributed by atoms with van der Waals surface area (Å²) < 4.78 is 27.6. The standard InChI is InChI=1S/C25H33N3O3S/c1-20(2)21-8-10-24(11-9-21)32(30,31)28-14-12-22(13-15-28)25(29)27-18-16-26(17-19-27)23-6-4-3-5-7-23/h3-11,20,22H,12-19H2,1-2H3. The van der Waals surface area contributed by atoms with Crippen molar-refractivity contribution in [2.75, 3.05) is 44.2 Å². The normalized spacial score (nSPS) is 18.8. The minimum absolute atomic E-state index is 0.0898. The molecular formula is C25H33N3O3S. The van der Waals surface area contributed by atoms with Crippen molar-refractivity contribution >= 4 is 21.6 Å². The molecule has 2 aliphatic rings. The number of sulfonamides is 1. The molecule has 32 heavy (non-hydrogen) atoms. The van der Waals surface area contributed by atoms with Gasteiger partial charge in [0.25, 0.3) is 0 Å². The molecule has 4 rings (SSSR count). The highest BCUT2D eigenvalue weighted by molar-refractivity contribution is 7.89. The number of benzene rings is 2. The molecule has 2 fully saturated rings. The largest absolute Gasteiger partial charge is 0.368 e. The molecule has 2 aliphatic heterocycles. The molecule has 0 bridgehead atoms. The van der Waals surface area contributed by atoms with E-state index in [2.05, 4.69) is 30.9 Å². The molecule has 2 aromatic rings. The van der Waals surface area contributed by atoms with Gasteiger partial charge in [-0.1, -0.05) is 44.2 Å². The maximum Gasteiger partial charge on any atom is 0.243 e. The van der Waals surface area contributed by atoms with Gasteiger partial charge in [0.15, 0.2) is 0 Å². The molecule has 7 heteroatoms. The van der Waals surface area contributed by atoms with E-state index in [9.17, 15) is 13.2 Å². The molecule has 2 heterocycles. The molecule has 2 saturated heterocycles. The van der Waals surface area contributed by atoms with Crippen molar-refractivity contribution in [2.24, 2.45) is 5.92 Å². The van der Waals surface area contributed by atoms with E-state index in [1.807, 2.05) is 35.2 Å². The van der Waals surface area contributed by atoms with E-state index >= 15 is 0 Å². The van der Waals surface area contributed by atoms with Crippen molar-refractivity contribution < 1.29 is 13.2 Å². The number of amides is 1. The molecule has 6 nitrogen and oxygen atoms in total. The van der Waals surface area contributed by atoms with Gasteiger partial charge in [0.05, 0.1) is 4.90 Å². The quantitative estimate of drug-likeness (QED) is 0.692. The highest BCUT2D eigenvalue weighted by atomic mass is 32.2. The summed E-state index contributed by atoms with van der Waals surface area (Å²) in [5, 5.41) is 0. The van der Waals surface area contributed by atoms with E-state index in [0.717, 1.165) is 18.7 Å². The lowest BCUT2D eigenvalue weighted by molar-refractivity contribution is -0.137. The topological polar surface area (TPSA) is 60.9 Å². The second-order valence-corrected chi connectivity index (χ2v) is 11.0. The van der Waals surface area contributed by atoms with Crippen molar-refractivity contribution in [3.63, 3.8) is 0 Å². The third-order valence-electron chi connectivity index (χ3n) is 6.70. The Hall–Kier alpha value is -2.38. The molecule has 0 saturated carbocycles. The average Bonchev–Trinajstić information content (AvgIpc) is 2.84. The lowest BCUT2D eigenvalue weighted by atomic mass is 9.96. The summed E-state index contributed by atoms with van der Waals surface area (Å²) in [5.41, 5.74) is 2.32. The predicted molar refractivity (Wildman–Crippen MR) is 127 cm³/mol. The summed E-state index contributed by atoms with van der Waals surface area (Å²) in [7, 11) is -3.51. The number of nitrogens with zero attached hydrogens (tertiary/aromatic N) is 3. The monoisotopic (exact) mass is 455 g/mol. The van der Waals surface area contributed by atoms with E-state index in [-0.39, 0.29) is 11.8 Å². The van der Waals surface area contributed by atoms with Crippen LogP contribution in [-0.2, 0) is 14.8 Å². The summed E-state index contributed by atoms with van der Waals surface area (Å²) >= 11 is 0. The molecule has 1 amide bonds. The molecular weight excluding hydrogens is 422 g/mol. The molecule has 0 atom stereocenters. The summed E-state index contributed by atoms with van der Waals surface area (Å²) in [6.07, 6.45) is 1.17. The van der Waals surface area contributed by atoms with Gasteiger partial charge in [-0.2, -0.15) is 4.31 Å². The first-order valence-corrected chi connectivity index (χ1v) is 13.0. The van der Waals surface area contributed by atoms with Gasteiger partial charge in [-0.05, 0) is 48.6 Å². The van der Waals surface area contributed by atoms with E-state index in [0.29, 0.717) is 49.8 Å². The number of anilines is 1. The van der Waals surface area contributed by atoms with Crippen molar-refractivity contribution in [1.82, 2.24) is 9.21 Å². The smallest absolute Gasteiger partial charge is 0.243 e. The van der Waals surface area contributed by atoms with Gasteiger partial charge in [0, 0.05) is 50.9 Å². The number of hydrogen-bond donors (Lipinski definition) is 0. The first kappa shape index (κ1) is 22.8. The van der Waals surface area contributed by atoms with Crippen molar-refractivity contribution in [3.8, 4) is 0 Å². The maximum absolute atomic E-state index is 13.1. The zero-order valence-electron chi connectivity index (χ0n) is 19.0. The second-order valence-electron chi connectivity index (χ2n) is 9.05. The molecule has 0 spiro atoms. The molecule has 0 radical (unpaired) electrons. The van der Waals surface area contributed by atoms with Crippen LogP contribution in [-0.4, -0.2) is 62.8 Å². The summed E-state index contributed by atoms with van der Waals surface area (Å²) in [4.78, 5) is 17.7. The minimum atomic E-state index is -3.51. The minimum Gasteiger partial charge on any atom is -0.368 e. The Morgan fingerprint density at radius 3 is 2.00 bits per heavy atom. The van der Waals surface area contributed by atoms with Crippen LogP contribution in [0.2, 0.25) is 0 Å². The SMILES string of the molecule is CC(C)c1ccc(S(=O)(=O)N2CCC(C(=O)N3CCN(c4ccccc4)CC3)CC2)cc1. The average molecular weight is 456 g/mol. The van der Waals surface area contributed by atoms with Crippen LogP contribution in [0.1, 0.15) is 38.2 Å². The van der Waals surface area contributed by atoms with Crippen LogP contribution < -0.4 is 4.90 Å². The summed E-state index contributed by atoms with van der Waals surface area (Å²) in [6.45, 7) is 8.07. The third-order valence-corrected chi connectivity index (χ3v) is 8.61. The molecule has 0 unspecified atom stereocenters. The number of hydrogen-bond acceptors (Lipinski definition) is 4. The highest BCUT2D eigenvalue weighted by Crippen LogP contribution is 2.27. The van der Waals surface area contributed by atoms with Crippen LogP contribution in [0.5, 0.6) is 0 Å². The molecule has 172 valence electrons. The lowest BCUT2D eigenvalue weighted by Crippen LogP contribution is -2.52. The third kappa shape index (κ3) is 4.84. The number of piperidine rings is 1. The Labute approximate surface area is 191 Å². The molecule has 2 aromatic carbocycles. The van der Waals surface area contributed by atoms with Gasteiger partial charge in [-0.3, -0.25) is 4.79 Å². The fourth-order valence-electron chi connectivity index (χ4n) is 4.60. The number of carbonyl (C=O) groups is 1. The number of piperazine rings is 1. The Balaban J connectivity index is 1.31. The zero-order chi connectivity index (χ0) is 22.7. The summed E-state index contributed by atoms with van der Waals surface area (Å²) in [5.74, 6) is 0.451. The maximum atomic E-state index is 13.1. The predicted octanol–water partition coefficient (Wildman–Crippen LogP) is 3.56. The lowest BCUT2D eigenvalue weighted by Gasteiger charge is -2.39. The van der Waals surface area contributed by atoms with Crippen molar-refractivity contribution in [2.45, 2.75) is 37.5 Å². The van der Waals surface area contributed by atoms with Crippen LogP contribution in [0.4, 0.5) is 5.69 Å². The first-order chi connectivity index (χ1) is 15.4. The van der Waals surface area contributed by atoms with Gasteiger partial charge in [0.1, 0.15) is 0 Å². The van der Waals surface area contributed by atoms with Crippen LogP contribution in [0, 0.1) is 5.92 Å². The van der Waals surface area contributed by atoms with Gasteiger partial charge in [-0.25, -0.2) is 8.42 Å². The van der Waals surface area contributed by atoms with Gasteiger partial charge >= 0.3 is 0 Å². The second kappa shape index (κ2) is 9.63. The van der Waals surface area contributed by atoms with E-state index < -0.39 is 10.0 Å². The van der Waals surface area contributed by atoms with Crippen LogP contribution >= 0.6 is 0 Å². The number of para-hydroxylation sites is 1. The Morgan fingerprint density at radius 2 is 1.44 bits per heavy atom. The zero-order valence-corrected chi connectivity index (χ0v) is 19.8. The fourth-order valence-corrected chi connectivity index (χ4v) is 6.07. The van der Waals surface area contributed by atoms with Gasteiger partial charge in [0.2, 0.25) is 15.9 Å². The first-order valence-electron chi connectivity index (χ1n) is 11.5. The van der Waals surface area contributed by atoms with Gasteiger partial charge in [-0.15, -0.1) is 0 Å². The number of carbonyl (C=O) groups excluding carboxylic acids is 1. The van der Waals surface area contributed by atoms with Crippen molar-refractivity contribution in [1.29, 1.82) is 0 Å². The van der Waals surface area contributed by atoms with Crippen molar-refractivity contribution in [3.05, 3.63) is 60.2 Å². The molecule has 0 aliphatic carbocycles. The summed E-state index contributed by atoms with van der Waals surface area (Å²) in [6, 6.07) is 17.5. The number of rotatable bonds is 5. The fraction of sp³-hybridized carbons (Fsp3) is 0.480. The van der Waals surface area contributed by atoms with E-state index in [1.165, 1.54) is 9.99 Å². The molecule has 0 aromatic heterocycles. The van der Waals surface area contributed by atoms with E-state index in [1.54, 1.807) is 12.1 Å².